The van der Waals surface area contributed by atoms with Gasteiger partial charge >= 0.3 is 5.97 Å². The number of methoxy groups -OCH3 is 1. The highest BCUT2D eigenvalue weighted by atomic mass is 32.2. The summed E-state index contributed by atoms with van der Waals surface area (Å²) >= 11 is 0. The number of ether oxygens (including phenoxy) is 3. The number of nitrogens with zero attached hydrogens (tertiary/aromatic N) is 3. The zero-order valence-corrected chi connectivity index (χ0v) is 19.5. The topological polar surface area (TPSA) is 98.3 Å². The largest absolute Gasteiger partial charge is 0.493 e. The molecular weight excluding hydrogens is 446 g/mol. The Balaban J connectivity index is 1.51. The van der Waals surface area contributed by atoms with Crippen LogP contribution in [0.2, 0.25) is 0 Å². The van der Waals surface area contributed by atoms with E-state index in [0.29, 0.717) is 44.6 Å². The van der Waals surface area contributed by atoms with Gasteiger partial charge in [-0.3, -0.25) is 0 Å². The molecule has 9 nitrogen and oxygen atoms in total. The van der Waals surface area contributed by atoms with Gasteiger partial charge in [0.1, 0.15) is 16.5 Å². The standard InChI is InChI=1S/C23H29N3O6S/c1-30-23(27)19-15-21(33(28,29)26-11-13-31-14-12-26)22(24-16-19)25-9-7-18(8-10-25)17-32-20-5-3-2-4-6-20/h2-6,15-16,18H,7-14,17H2,1H3. The Morgan fingerprint density at radius 1 is 1.12 bits per heavy atom. The number of anilines is 1. The lowest BCUT2D eigenvalue weighted by Crippen LogP contribution is -2.42. The number of carbonyl (C=O) groups is 1. The average molecular weight is 476 g/mol. The highest BCUT2D eigenvalue weighted by Gasteiger charge is 2.33. The van der Waals surface area contributed by atoms with Crippen LogP contribution in [0.5, 0.6) is 5.75 Å². The molecule has 1 aromatic carbocycles. The summed E-state index contributed by atoms with van der Waals surface area (Å²) in [6.07, 6.45) is 3.08. The van der Waals surface area contributed by atoms with Gasteiger partial charge in [0, 0.05) is 32.4 Å². The van der Waals surface area contributed by atoms with Crippen molar-refractivity contribution in [2.24, 2.45) is 5.92 Å². The highest BCUT2D eigenvalue weighted by molar-refractivity contribution is 7.89. The first-order valence-electron chi connectivity index (χ1n) is 11.1. The van der Waals surface area contributed by atoms with Gasteiger partial charge in [-0.15, -0.1) is 0 Å². The van der Waals surface area contributed by atoms with Crippen molar-refractivity contribution in [3.8, 4) is 5.75 Å². The van der Waals surface area contributed by atoms with E-state index in [2.05, 4.69) is 4.98 Å². The Hall–Kier alpha value is -2.69. The van der Waals surface area contributed by atoms with Crippen molar-refractivity contribution in [3.63, 3.8) is 0 Å². The summed E-state index contributed by atoms with van der Waals surface area (Å²) in [4.78, 5) is 18.5. The second-order valence-electron chi connectivity index (χ2n) is 8.11. The number of hydrogen-bond donors (Lipinski definition) is 0. The number of aromatic nitrogens is 1. The molecular formula is C23H29N3O6S. The van der Waals surface area contributed by atoms with Crippen molar-refractivity contribution < 1.29 is 27.4 Å². The molecule has 2 aliphatic rings. The van der Waals surface area contributed by atoms with E-state index >= 15 is 0 Å². The maximum atomic E-state index is 13.5. The van der Waals surface area contributed by atoms with E-state index in [4.69, 9.17) is 14.2 Å². The fraction of sp³-hybridized carbons (Fsp3) is 0.478. The van der Waals surface area contributed by atoms with E-state index in [0.717, 1.165) is 18.6 Å². The second kappa shape index (κ2) is 10.5. The van der Waals surface area contributed by atoms with Crippen LogP contribution >= 0.6 is 0 Å². The van der Waals surface area contributed by atoms with Crippen molar-refractivity contribution in [3.05, 3.63) is 48.2 Å². The van der Waals surface area contributed by atoms with Crippen LogP contribution in [0.1, 0.15) is 23.2 Å². The van der Waals surface area contributed by atoms with Crippen LogP contribution in [0.15, 0.2) is 47.5 Å². The number of para-hydroxylation sites is 1. The average Bonchev–Trinajstić information content (AvgIpc) is 2.88. The molecule has 0 spiro atoms. The van der Waals surface area contributed by atoms with Gasteiger partial charge in [0.05, 0.1) is 32.5 Å². The minimum absolute atomic E-state index is 0.0336. The predicted octanol–water partition coefficient (Wildman–Crippen LogP) is 2.18. The number of piperidine rings is 1. The molecule has 2 saturated heterocycles. The van der Waals surface area contributed by atoms with Gasteiger partial charge in [0.25, 0.3) is 0 Å². The summed E-state index contributed by atoms with van der Waals surface area (Å²) in [6.45, 7) is 3.13. The molecule has 0 atom stereocenters. The van der Waals surface area contributed by atoms with E-state index in [1.807, 2.05) is 35.2 Å². The fourth-order valence-corrected chi connectivity index (χ4v) is 5.66. The molecule has 2 aliphatic heterocycles. The summed E-state index contributed by atoms with van der Waals surface area (Å²) < 4.78 is 44.3. The minimum atomic E-state index is -3.85. The van der Waals surface area contributed by atoms with Gasteiger partial charge in [0.2, 0.25) is 10.0 Å². The molecule has 4 rings (SSSR count). The predicted molar refractivity (Wildman–Crippen MR) is 122 cm³/mol. The quantitative estimate of drug-likeness (QED) is 0.562. The lowest BCUT2D eigenvalue weighted by atomic mass is 9.98. The van der Waals surface area contributed by atoms with Crippen molar-refractivity contribution in [1.82, 2.24) is 9.29 Å². The number of pyridine rings is 1. The molecule has 33 heavy (non-hydrogen) atoms. The van der Waals surface area contributed by atoms with E-state index in [-0.39, 0.29) is 23.5 Å². The minimum Gasteiger partial charge on any atom is -0.493 e. The summed E-state index contributed by atoms with van der Waals surface area (Å²) in [5, 5.41) is 0. The number of carbonyl (C=O) groups excluding carboxylic acids is 1. The molecule has 2 fully saturated rings. The van der Waals surface area contributed by atoms with Crippen molar-refractivity contribution in [2.45, 2.75) is 17.7 Å². The molecule has 0 amide bonds. The molecule has 0 radical (unpaired) electrons. The summed E-state index contributed by atoms with van der Waals surface area (Å²) in [5.74, 6) is 0.967. The summed E-state index contributed by atoms with van der Waals surface area (Å²) in [6, 6.07) is 11.1. The number of benzene rings is 1. The van der Waals surface area contributed by atoms with Gasteiger partial charge in [-0.1, -0.05) is 18.2 Å². The van der Waals surface area contributed by atoms with Crippen LogP contribution in [-0.4, -0.2) is 76.8 Å². The van der Waals surface area contributed by atoms with Crippen molar-refractivity contribution in [2.75, 3.05) is 58.0 Å². The third-order valence-corrected chi connectivity index (χ3v) is 7.89. The van der Waals surface area contributed by atoms with Crippen LogP contribution in [0.3, 0.4) is 0 Å². The fourth-order valence-electron chi connectivity index (χ4n) is 4.06. The van der Waals surface area contributed by atoms with Crippen LogP contribution in [0.25, 0.3) is 0 Å². The SMILES string of the molecule is COC(=O)c1cnc(N2CCC(COc3ccccc3)CC2)c(S(=O)(=O)N2CCOCC2)c1. The Kier molecular flexibility index (Phi) is 7.46. The molecule has 1 aromatic heterocycles. The second-order valence-corrected chi connectivity index (χ2v) is 10.0. The maximum absolute atomic E-state index is 13.5. The van der Waals surface area contributed by atoms with Crippen LogP contribution < -0.4 is 9.64 Å². The Bertz CT molecular complexity index is 1050. The first-order valence-corrected chi connectivity index (χ1v) is 12.5. The summed E-state index contributed by atoms with van der Waals surface area (Å²) in [7, 11) is -2.59. The molecule has 0 bridgehead atoms. The van der Waals surface area contributed by atoms with Gasteiger partial charge in [-0.05, 0) is 37.0 Å². The lowest BCUT2D eigenvalue weighted by Gasteiger charge is -2.34. The zero-order chi connectivity index (χ0) is 23.3. The monoisotopic (exact) mass is 475 g/mol. The number of morpholine rings is 1. The van der Waals surface area contributed by atoms with E-state index in [9.17, 15) is 13.2 Å². The van der Waals surface area contributed by atoms with E-state index in [1.54, 1.807) is 0 Å². The van der Waals surface area contributed by atoms with Crippen molar-refractivity contribution >= 4 is 21.8 Å². The zero-order valence-electron chi connectivity index (χ0n) is 18.7. The van der Waals surface area contributed by atoms with Crippen LogP contribution in [0, 0.1) is 5.92 Å². The molecule has 2 aromatic rings. The van der Waals surface area contributed by atoms with Gasteiger partial charge < -0.3 is 19.1 Å². The molecule has 10 heteroatoms. The molecule has 0 aliphatic carbocycles. The van der Waals surface area contributed by atoms with Gasteiger partial charge in [-0.2, -0.15) is 4.31 Å². The van der Waals surface area contributed by atoms with Crippen LogP contribution in [-0.2, 0) is 19.5 Å². The van der Waals surface area contributed by atoms with E-state index in [1.165, 1.54) is 23.7 Å². The highest BCUT2D eigenvalue weighted by Crippen LogP contribution is 2.31. The number of esters is 1. The maximum Gasteiger partial charge on any atom is 0.339 e. The number of sulfonamides is 1. The Morgan fingerprint density at radius 2 is 1.82 bits per heavy atom. The van der Waals surface area contributed by atoms with Gasteiger partial charge in [0.15, 0.2) is 0 Å². The molecule has 0 saturated carbocycles. The third kappa shape index (κ3) is 5.45. The lowest BCUT2D eigenvalue weighted by molar-refractivity contribution is 0.0599. The van der Waals surface area contributed by atoms with Gasteiger partial charge in [-0.25, -0.2) is 18.2 Å². The molecule has 178 valence electrons. The first kappa shape index (κ1) is 23.5. The van der Waals surface area contributed by atoms with Crippen molar-refractivity contribution in [1.29, 1.82) is 0 Å². The smallest absolute Gasteiger partial charge is 0.339 e. The number of hydrogen-bond acceptors (Lipinski definition) is 8. The number of rotatable bonds is 7. The summed E-state index contributed by atoms with van der Waals surface area (Å²) in [5.41, 5.74) is 0.110. The molecule has 3 heterocycles. The first-order chi connectivity index (χ1) is 16.0. The molecule has 0 N–H and O–H groups in total. The van der Waals surface area contributed by atoms with E-state index < -0.39 is 16.0 Å². The third-order valence-electron chi connectivity index (χ3n) is 5.98. The Morgan fingerprint density at radius 3 is 2.48 bits per heavy atom. The Labute approximate surface area is 194 Å². The molecule has 0 unspecified atom stereocenters. The van der Waals surface area contributed by atoms with Crippen LogP contribution in [0.4, 0.5) is 5.82 Å². The normalized spacial score (nSPS) is 18.2.